The van der Waals surface area contributed by atoms with Crippen LogP contribution in [0.5, 0.6) is 5.75 Å². The number of aromatic nitrogens is 1. The van der Waals surface area contributed by atoms with Crippen molar-refractivity contribution in [3.8, 4) is 5.75 Å². The van der Waals surface area contributed by atoms with E-state index in [4.69, 9.17) is 9.94 Å². The number of ether oxygens (including phenoxy) is 1. The molecule has 0 amide bonds. The molecule has 0 bridgehead atoms. The summed E-state index contributed by atoms with van der Waals surface area (Å²) in [5.41, 5.74) is 2.45. The van der Waals surface area contributed by atoms with E-state index in [9.17, 15) is 0 Å². The summed E-state index contributed by atoms with van der Waals surface area (Å²) in [4.78, 5) is 4.53. The van der Waals surface area contributed by atoms with Gasteiger partial charge < -0.3 is 9.94 Å². The Balaban J connectivity index is 1.69. The zero-order chi connectivity index (χ0) is 14.7. The van der Waals surface area contributed by atoms with E-state index in [0.717, 1.165) is 21.8 Å². The van der Waals surface area contributed by atoms with Crippen molar-refractivity contribution in [3.63, 3.8) is 0 Å². The van der Waals surface area contributed by atoms with Crippen LogP contribution in [-0.4, -0.2) is 15.9 Å². The number of thiazole rings is 1. The number of hydrogen-bond donors (Lipinski definition) is 1. The first-order valence-electron chi connectivity index (χ1n) is 6.52. The lowest BCUT2D eigenvalue weighted by Crippen LogP contribution is -1.97. The molecular formula is C16H14N2O2S. The molecule has 0 aliphatic carbocycles. The number of fused-ring (bicyclic) bond motifs is 1. The highest BCUT2D eigenvalue weighted by Crippen LogP contribution is 2.23. The predicted molar refractivity (Wildman–Crippen MR) is 84.4 cm³/mol. The highest BCUT2D eigenvalue weighted by Gasteiger charge is 2.04. The average Bonchev–Trinajstić information content (AvgIpc) is 2.95. The van der Waals surface area contributed by atoms with Crippen molar-refractivity contribution in [2.24, 2.45) is 5.16 Å². The van der Waals surface area contributed by atoms with Crippen LogP contribution in [0.4, 0.5) is 0 Å². The summed E-state index contributed by atoms with van der Waals surface area (Å²) < 4.78 is 6.90. The number of hydrogen-bond acceptors (Lipinski definition) is 5. The Labute approximate surface area is 126 Å². The molecule has 5 heteroatoms. The summed E-state index contributed by atoms with van der Waals surface area (Å²) in [7, 11) is 0. The summed E-state index contributed by atoms with van der Waals surface area (Å²) in [5, 5.41) is 12.9. The Morgan fingerprint density at radius 1 is 1.19 bits per heavy atom. The minimum absolute atomic E-state index is 0.450. The third-order valence-corrected chi connectivity index (χ3v) is 4.13. The van der Waals surface area contributed by atoms with Crippen LogP contribution < -0.4 is 4.74 Å². The van der Waals surface area contributed by atoms with Gasteiger partial charge in [-0.2, -0.15) is 0 Å². The second-order valence-electron chi connectivity index (χ2n) is 4.57. The third kappa shape index (κ3) is 3.03. The van der Waals surface area contributed by atoms with Gasteiger partial charge in [0.15, 0.2) is 0 Å². The molecule has 0 radical (unpaired) electrons. The predicted octanol–water partition coefficient (Wildman–Crippen LogP) is 4.07. The summed E-state index contributed by atoms with van der Waals surface area (Å²) >= 11 is 1.64. The quantitative estimate of drug-likeness (QED) is 0.449. The van der Waals surface area contributed by atoms with Crippen molar-refractivity contribution in [2.45, 2.75) is 13.5 Å². The first kappa shape index (κ1) is 13.6. The van der Waals surface area contributed by atoms with Gasteiger partial charge in [0.2, 0.25) is 0 Å². The molecule has 2 aromatic carbocycles. The minimum atomic E-state index is 0.450. The van der Waals surface area contributed by atoms with Gasteiger partial charge in [0, 0.05) is 0 Å². The molecule has 3 rings (SSSR count). The van der Waals surface area contributed by atoms with Crippen molar-refractivity contribution in [1.82, 2.24) is 4.98 Å². The molecule has 0 spiro atoms. The summed E-state index contributed by atoms with van der Waals surface area (Å²) in [6.45, 7) is 2.20. The fraction of sp³-hybridized carbons (Fsp3) is 0.125. The van der Waals surface area contributed by atoms with Crippen LogP contribution in [0.15, 0.2) is 53.7 Å². The van der Waals surface area contributed by atoms with Crippen LogP contribution in [0.25, 0.3) is 10.2 Å². The Bertz CT molecular complexity index is 745. The number of rotatable bonds is 4. The molecule has 0 saturated heterocycles. The van der Waals surface area contributed by atoms with Crippen LogP contribution in [0.3, 0.4) is 0 Å². The van der Waals surface area contributed by atoms with Crippen molar-refractivity contribution in [3.05, 3.63) is 59.1 Å². The van der Waals surface area contributed by atoms with Gasteiger partial charge >= 0.3 is 0 Å². The zero-order valence-electron chi connectivity index (χ0n) is 11.5. The number of nitrogens with zero attached hydrogens (tertiary/aromatic N) is 2. The molecule has 0 aliphatic rings. The number of para-hydroxylation sites is 1. The SMILES string of the molecule is C/C(=N/O)c1ccc(OCc2nc3ccccc3s2)cc1. The van der Waals surface area contributed by atoms with E-state index in [0.29, 0.717) is 12.3 Å². The third-order valence-electron chi connectivity index (χ3n) is 3.12. The van der Waals surface area contributed by atoms with Crippen molar-refractivity contribution < 1.29 is 9.94 Å². The molecule has 0 saturated carbocycles. The Morgan fingerprint density at radius 2 is 1.95 bits per heavy atom. The van der Waals surface area contributed by atoms with Crippen molar-refractivity contribution in [1.29, 1.82) is 0 Å². The van der Waals surface area contributed by atoms with E-state index in [1.807, 2.05) is 42.5 Å². The van der Waals surface area contributed by atoms with Crippen LogP contribution in [0.1, 0.15) is 17.5 Å². The average molecular weight is 298 g/mol. The maximum Gasteiger partial charge on any atom is 0.140 e. The van der Waals surface area contributed by atoms with Crippen LogP contribution >= 0.6 is 11.3 Å². The summed E-state index contributed by atoms with van der Waals surface area (Å²) in [6, 6.07) is 15.5. The Kier molecular flexibility index (Phi) is 3.83. The lowest BCUT2D eigenvalue weighted by atomic mass is 10.1. The topological polar surface area (TPSA) is 54.7 Å². The van der Waals surface area contributed by atoms with Gasteiger partial charge in [0.25, 0.3) is 0 Å². The molecule has 21 heavy (non-hydrogen) atoms. The largest absolute Gasteiger partial charge is 0.486 e. The van der Waals surface area contributed by atoms with Crippen molar-refractivity contribution >= 4 is 27.3 Å². The summed E-state index contributed by atoms with van der Waals surface area (Å²) in [5.74, 6) is 0.767. The Morgan fingerprint density at radius 3 is 2.67 bits per heavy atom. The Hall–Kier alpha value is -2.40. The van der Waals surface area contributed by atoms with E-state index in [1.54, 1.807) is 18.3 Å². The van der Waals surface area contributed by atoms with Gasteiger partial charge in [-0.05, 0) is 48.9 Å². The van der Waals surface area contributed by atoms with E-state index in [2.05, 4.69) is 16.2 Å². The lowest BCUT2D eigenvalue weighted by Gasteiger charge is -2.05. The lowest BCUT2D eigenvalue weighted by molar-refractivity contribution is 0.306. The fourth-order valence-corrected chi connectivity index (χ4v) is 2.86. The fourth-order valence-electron chi connectivity index (χ4n) is 1.98. The molecule has 0 fully saturated rings. The molecule has 106 valence electrons. The van der Waals surface area contributed by atoms with Crippen LogP contribution in [0.2, 0.25) is 0 Å². The maximum atomic E-state index is 8.73. The van der Waals surface area contributed by atoms with Gasteiger partial charge in [-0.1, -0.05) is 17.3 Å². The van der Waals surface area contributed by atoms with Gasteiger partial charge in [-0.15, -0.1) is 11.3 Å². The first-order chi connectivity index (χ1) is 10.3. The minimum Gasteiger partial charge on any atom is -0.486 e. The highest BCUT2D eigenvalue weighted by atomic mass is 32.1. The molecule has 1 N–H and O–H groups in total. The van der Waals surface area contributed by atoms with Gasteiger partial charge in [-0.25, -0.2) is 4.98 Å². The molecule has 0 atom stereocenters. The van der Waals surface area contributed by atoms with E-state index >= 15 is 0 Å². The van der Waals surface area contributed by atoms with Gasteiger partial charge in [0.1, 0.15) is 17.4 Å². The second kappa shape index (κ2) is 5.93. The van der Waals surface area contributed by atoms with E-state index in [-0.39, 0.29) is 0 Å². The number of oxime groups is 1. The van der Waals surface area contributed by atoms with Crippen molar-refractivity contribution in [2.75, 3.05) is 0 Å². The molecule has 3 aromatic rings. The molecule has 1 heterocycles. The van der Waals surface area contributed by atoms with Gasteiger partial charge in [-0.3, -0.25) is 0 Å². The van der Waals surface area contributed by atoms with Gasteiger partial charge in [0.05, 0.1) is 15.9 Å². The molecular weight excluding hydrogens is 284 g/mol. The zero-order valence-corrected chi connectivity index (χ0v) is 12.3. The second-order valence-corrected chi connectivity index (χ2v) is 5.69. The number of benzene rings is 2. The highest BCUT2D eigenvalue weighted by molar-refractivity contribution is 7.18. The van der Waals surface area contributed by atoms with Crippen LogP contribution in [-0.2, 0) is 6.61 Å². The first-order valence-corrected chi connectivity index (χ1v) is 7.34. The summed E-state index contributed by atoms with van der Waals surface area (Å²) in [6.07, 6.45) is 0. The molecule has 1 aromatic heterocycles. The smallest absolute Gasteiger partial charge is 0.140 e. The van der Waals surface area contributed by atoms with E-state index in [1.165, 1.54) is 4.70 Å². The van der Waals surface area contributed by atoms with Crippen LogP contribution in [0, 0.1) is 0 Å². The molecule has 0 aliphatic heterocycles. The maximum absolute atomic E-state index is 8.73. The standard InChI is InChI=1S/C16H14N2O2S/c1-11(18-19)12-6-8-13(9-7-12)20-10-16-17-14-4-2-3-5-15(14)21-16/h2-9,19H,10H2,1H3/b18-11-. The normalized spacial score (nSPS) is 11.8. The molecule has 0 unspecified atom stereocenters. The monoisotopic (exact) mass is 298 g/mol. The molecule has 4 nitrogen and oxygen atoms in total. The van der Waals surface area contributed by atoms with E-state index < -0.39 is 0 Å².